The Morgan fingerprint density at radius 2 is 1.76 bits per heavy atom. The Balaban J connectivity index is 1.34. The van der Waals surface area contributed by atoms with Crippen LogP contribution in [-0.2, 0) is 16.1 Å². The number of anilines is 1. The molecule has 6 nitrogen and oxygen atoms in total. The van der Waals surface area contributed by atoms with E-state index in [9.17, 15) is 9.59 Å². The third-order valence-corrected chi connectivity index (χ3v) is 6.16. The summed E-state index contributed by atoms with van der Waals surface area (Å²) in [7, 11) is 1.62. The topological polar surface area (TPSA) is 67.9 Å². The second kappa shape index (κ2) is 10.4. The summed E-state index contributed by atoms with van der Waals surface area (Å²) in [6.45, 7) is 4.84. The summed E-state index contributed by atoms with van der Waals surface area (Å²) < 4.78 is 11.2. The van der Waals surface area contributed by atoms with Gasteiger partial charge in [0.2, 0.25) is 11.8 Å². The Labute approximate surface area is 200 Å². The number of likely N-dealkylation sites (tertiary alicyclic amines) is 1. The van der Waals surface area contributed by atoms with Gasteiger partial charge < -0.3 is 19.7 Å². The fourth-order valence-corrected chi connectivity index (χ4v) is 4.13. The number of benzene rings is 3. The molecule has 1 aliphatic rings. The van der Waals surface area contributed by atoms with Crippen LogP contribution in [0.5, 0.6) is 11.5 Å². The van der Waals surface area contributed by atoms with E-state index in [0.717, 1.165) is 33.9 Å². The summed E-state index contributed by atoms with van der Waals surface area (Å²) in [6.07, 6.45) is 0.138. The van der Waals surface area contributed by atoms with Crippen LogP contribution in [0, 0.1) is 12.8 Å². The van der Waals surface area contributed by atoms with Crippen LogP contribution in [0.3, 0.4) is 0 Å². The maximum absolute atomic E-state index is 12.9. The molecule has 0 spiro atoms. The first-order valence-corrected chi connectivity index (χ1v) is 11.5. The van der Waals surface area contributed by atoms with E-state index in [1.165, 1.54) is 0 Å². The van der Waals surface area contributed by atoms with Crippen molar-refractivity contribution in [2.45, 2.75) is 32.9 Å². The second-order valence-electron chi connectivity index (χ2n) is 8.66. The predicted octanol–water partition coefficient (Wildman–Crippen LogP) is 5.13. The van der Waals surface area contributed by atoms with E-state index in [1.807, 2.05) is 86.6 Å². The van der Waals surface area contributed by atoms with Crippen molar-refractivity contribution in [2.75, 3.05) is 19.0 Å². The van der Waals surface area contributed by atoms with Crippen molar-refractivity contribution >= 4 is 17.5 Å². The smallest absolute Gasteiger partial charge is 0.229 e. The lowest BCUT2D eigenvalue weighted by Crippen LogP contribution is -2.28. The molecule has 2 unspecified atom stereocenters. The minimum atomic E-state index is -0.376. The molecule has 4 rings (SSSR count). The van der Waals surface area contributed by atoms with Crippen LogP contribution in [0.2, 0.25) is 0 Å². The molecule has 6 heteroatoms. The molecule has 0 saturated carbocycles. The number of rotatable bonds is 8. The molecule has 34 heavy (non-hydrogen) atoms. The van der Waals surface area contributed by atoms with Crippen LogP contribution in [0.4, 0.5) is 5.69 Å². The lowest BCUT2D eigenvalue weighted by atomic mass is 10.1. The molecule has 176 valence electrons. The third kappa shape index (κ3) is 5.57. The van der Waals surface area contributed by atoms with Crippen molar-refractivity contribution < 1.29 is 19.1 Å². The number of amides is 2. The Kier molecular flexibility index (Phi) is 7.16. The Bertz CT molecular complexity index is 1140. The molecule has 1 heterocycles. The number of ether oxygens (including phenoxy) is 2. The molecule has 2 amide bonds. The fourth-order valence-electron chi connectivity index (χ4n) is 4.13. The standard InChI is InChI=1S/C28H30N2O4/c1-19-15-25(34-20(2)22-7-5-4-6-8-22)13-14-26(19)29-28(32)23-16-27(31)30(18-23)17-21-9-11-24(33-3)12-10-21/h4-15,20,23H,16-18H2,1-3H3,(H,29,32). The van der Waals surface area contributed by atoms with E-state index in [-0.39, 0.29) is 30.3 Å². The molecule has 0 aliphatic carbocycles. The summed E-state index contributed by atoms with van der Waals surface area (Å²) in [4.78, 5) is 27.1. The number of nitrogens with zero attached hydrogens (tertiary/aromatic N) is 1. The maximum atomic E-state index is 12.9. The molecule has 2 atom stereocenters. The first-order valence-electron chi connectivity index (χ1n) is 11.5. The van der Waals surface area contributed by atoms with Crippen LogP contribution in [-0.4, -0.2) is 30.4 Å². The largest absolute Gasteiger partial charge is 0.497 e. The quantitative estimate of drug-likeness (QED) is 0.508. The van der Waals surface area contributed by atoms with Gasteiger partial charge in [-0.15, -0.1) is 0 Å². The van der Waals surface area contributed by atoms with Gasteiger partial charge in [-0.2, -0.15) is 0 Å². The van der Waals surface area contributed by atoms with Crippen molar-refractivity contribution in [1.29, 1.82) is 0 Å². The van der Waals surface area contributed by atoms with Gasteiger partial charge in [-0.3, -0.25) is 9.59 Å². The van der Waals surface area contributed by atoms with Gasteiger partial charge in [0, 0.05) is 25.2 Å². The van der Waals surface area contributed by atoms with Crippen molar-refractivity contribution in [2.24, 2.45) is 5.92 Å². The average molecular weight is 459 g/mol. The highest BCUT2D eigenvalue weighted by atomic mass is 16.5. The third-order valence-electron chi connectivity index (χ3n) is 6.16. The molecule has 1 N–H and O–H groups in total. The van der Waals surface area contributed by atoms with E-state index < -0.39 is 0 Å². The van der Waals surface area contributed by atoms with E-state index in [2.05, 4.69) is 5.32 Å². The first kappa shape index (κ1) is 23.4. The fraction of sp³-hybridized carbons (Fsp3) is 0.286. The minimum absolute atomic E-state index is 0.00802. The predicted molar refractivity (Wildman–Crippen MR) is 132 cm³/mol. The zero-order valence-corrected chi connectivity index (χ0v) is 19.8. The zero-order chi connectivity index (χ0) is 24.1. The summed E-state index contributed by atoms with van der Waals surface area (Å²) in [5, 5.41) is 2.99. The molecule has 1 aliphatic heterocycles. The van der Waals surface area contributed by atoms with Crippen molar-refractivity contribution in [3.8, 4) is 11.5 Å². The van der Waals surface area contributed by atoms with Gasteiger partial charge in [-0.1, -0.05) is 42.5 Å². The van der Waals surface area contributed by atoms with Gasteiger partial charge in [0.05, 0.1) is 13.0 Å². The highest BCUT2D eigenvalue weighted by Gasteiger charge is 2.34. The number of carbonyl (C=O) groups excluding carboxylic acids is 2. The number of methoxy groups -OCH3 is 1. The lowest BCUT2D eigenvalue weighted by molar-refractivity contribution is -0.128. The Morgan fingerprint density at radius 3 is 2.44 bits per heavy atom. The number of aryl methyl sites for hydroxylation is 1. The van der Waals surface area contributed by atoms with Crippen molar-refractivity contribution in [3.05, 3.63) is 89.5 Å². The Hall–Kier alpha value is -3.80. The summed E-state index contributed by atoms with van der Waals surface area (Å²) >= 11 is 0. The summed E-state index contributed by atoms with van der Waals surface area (Å²) in [6, 6.07) is 23.3. The molecule has 0 bridgehead atoms. The molecular weight excluding hydrogens is 428 g/mol. The molecule has 0 radical (unpaired) electrons. The van der Waals surface area contributed by atoms with Gasteiger partial charge in [0.25, 0.3) is 0 Å². The van der Waals surface area contributed by atoms with Crippen LogP contribution < -0.4 is 14.8 Å². The minimum Gasteiger partial charge on any atom is -0.497 e. The van der Waals surface area contributed by atoms with E-state index in [4.69, 9.17) is 9.47 Å². The molecule has 0 aromatic heterocycles. The van der Waals surface area contributed by atoms with Crippen LogP contribution >= 0.6 is 0 Å². The number of nitrogens with one attached hydrogen (secondary N) is 1. The maximum Gasteiger partial charge on any atom is 0.229 e. The zero-order valence-electron chi connectivity index (χ0n) is 19.8. The van der Waals surface area contributed by atoms with Crippen molar-refractivity contribution in [3.63, 3.8) is 0 Å². The number of hydrogen-bond donors (Lipinski definition) is 1. The van der Waals surface area contributed by atoms with Crippen LogP contribution in [0.25, 0.3) is 0 Å². The lowest BCUT2D eigenvalue weighted by Gasteiger charge is -2.18. The SMILES string of the molecule is COc1ccc(CN2CC(C(=O)Nc3ccc(OC(C)c4ccccc4)cc3C)CC2=O)cc1. The molecule has 3 aromatic rings. The Morgan fingerprint density at radius 1 is 1.06 bits per heavy atom. The van der Waals surface area contributed by atoms with Crippen LogP contribution in [0.1, 0.15) is 36.1 Å². The molecule has 3 aromatic carbocycles. The number of carbonyl (C=O) groups is 2. The highest BCUT2D eigenvalue weighted by Crippen LogP contribution is 2.28. The van der Waals surface area contributed by atoms with Gasteiger partial charge in [-0.05, 0) is 60.9 Å². The monoisotopic (exact) mass is 458 g/mol. The second-order valence-corrected chi connectivity index (χ2v) is 8.66. The summed E-state index contributed by atoms with van der Waals surface area (Å²) in [5.41, 5.74) is 3.74. The van der Waals surface area contributed by atoms with Gasteiger partial charge in [-0.25, -0.2) is 0 Å². The van der Waals surface area contributed by atoms with Crippen molar-refractivity contribution in [1.82, 2.24) is 4.90 Å². The molecular formula is C28H30N2O4. The molecule has 1 fully saturated rings. The van der Waals surface area contributed by atoms with E-state index in [0.29, 0.717) is 13.1 Å². The van der Waals surface area contributed by atoms with E-state index in [1.54, 1.807) is 12.0 Å². The average Bonchev–Trinajstić information content (AvgIpc) is 3.22. The van der Waals surface area contributed by atoms with E-state index >= 15 is 0 Å². The highest BCUT2D eigenvalue weighted by molar-refractivity contribution is 5.97. The molecule has 1 saturated heterocycles. The normalized spacial score (nSPS) is 16.3. The summed E-state index contributed by atoms with van der Waals surface area (Å²) in [5.74, 6) is 0.995. The first-order chi connectivity index (χ1) is 16.4. The van der Waals surface area contributed by atoms with Crippen LogP contribution in [0.15, 0.2) is 72.8 Å². The van der Waals surface area contributed by atoms with Gasteiger partial charge in [0.15, 0.2) is 0 Å². The van der Waals surface area contributed by atoms with Gasteiger partial charge >= 0.3 is 0 Å². The number of hydrogen-bond acceptors (Lipinski definition) is 4. The van der Waals surface area contributed by atoms with Gasteiger partial charge in [0.1, 0.15) is 17.6 Å².